The van der Waals surface area contributed by atoms with Crippen LogP contribution in [0.15, 0.2) is 146 Å². The molecule has 1 atom stereocenters. The van der Waals surface area contributed by atoms with E-state index in [0.717, 1.165) is 128 Å². The van der Waals surface area contributed by atoms with E-state index in [2.05, 4.69) is 160 Å². The van der Waals surface area contributed by atoms with Crippen LogP contribution < -0.4 is 0 Å². The molecule has 0 aromatic carbocycles. The van der Waals surface area contributed by atoms with Crippen LogP contribution in [-0.2, 0) is 19.1 Å². The van der Waals surface area contributed by atoms with Gasteiger partial charge < -0.3 is 14.6 Å². The molecule has 1 N–H and O–H groups in total. The molecule has 0 amide bonds. The highest BCUT2D eigenvalue weighted by Gasteiger charge is 2.16. The summed E-state index contributed by atoms with van der Waals surface area (Å²) in [5, 5.41) is 9.67. The first-order valence-electron chi connectivity index (χ1n) is 31.4. The molecule has 0 fully saturated rings. The maximum absolute atomic E-state index is 12.3. The quantitative estimate of drug-likeness (QED) is 0.0373. The van der Waals surface area contributed by atoms with E-state index in [0.29, 0.717) is 12.8 Å². The highest BCUT2D eigenvalue weighted by atomic mass is 16.6. The van der Waals surface area contributed by atoms with Gasteiger partial charge in [0.05, 0.1) is 6.61 Å². The number of aliphatic hydroxyl groups is 1. The first-order chi connectivity index (χ1) is 37.6. The molecule has 1 unspecified atom stereocenters. The van der Waals surface area contributed by atoms with Crippen molar-refractivity contribution in [1.29, 1.82) is 0 Å². The van der Waals surface area contributed by atoms with Crippen LogP contribution in [-0.4, -0.2) is 36.4 Å². The third-order valence-electron chi connectivity index (χ3n) is 13.1. The van der Waals surface area contributed by atoms with Crippen LogP contribution in [0.2, 0.25) is 0 Å². The third-order valence-corrected chi connectivity index (χ3v) is 13.1. The number of carbonyl (C=O) groups excluding carboxylic acids is 2. The van der Waals surface area contributed by atoms with E-state index in [1.54, 1.807) is 0 Å². The van der Waals surface area contributed by atoms with Gasteiger partial charge in [-0.1, -0.05) is 288 Å². The van der Waals surface area contributed by atoms with Crippen molar-refractivity contribution in [2.45, 2.75) is 277 Å². The molecule has 0 aliphatic heterocycles. The van der Waals surface area contributed by atoms with Gasteiger partial charge in [-0.15, -0.1) is 0 Å². The minimum atomic E-state index is -0.792. The molecule has 430 valence electrons. The van der Waals surface area contributed by atoms with Crippen LogP contribution in [0.5, 0.6) is 0 Å². The zero-order valence-corrected chi connectivity index (χ0v) is 49.2. The van der Waals surface area contributed by atoms with Gasteiger partial charge >= 0.3 is 11.9 Å². The molecule has 0 bridgehead atoms. The van der Waals surface area contributed by atoms with E-state index in [1.165, 1.54) is 116 Å². The van der Waals surface area contributed by atoms with Crippen LogP contribution in [0.4, 0.5) is 0 Å². The molecule has 0 spiro atoms. The number of allylic oxidation sites excluding steroid dienone is 24. The summed E-state index contributed by atoms with van der Waals surface area (Å²) in [6, 6.07) is 0. The Morgan fingerprint density at radius 3 is 0.789 bits per heavy atom. The minimum Gasteiger partial charge on any atom is -0.462 e. The number of hydrogen-bond acceptors (Lipinski definition) is 5. The van der Waals surface area contributed by atoms with Crippen LogP contribution >= 0.6 is 0 Å². The smallest absolute Gasteiger partial charge is 0.306 e. The molecule has 76 heavy (non-hydrogen) atoms. The van der Waals surface area contributed by atoms with Crippen LogP contribution in [0.1, 0.15) is 271 Å². The van der Waals surface area contributed by atoms with Crippen LogP contribution in [0, 0.1) is 0 Å². The van der Waals surface area contributed by atoms with Crippen molar-refractivity contribution in [3.8, 4) is 0 Å². The van der Waals surface area contributed by atoms with Crippen molar-refractivity contribution < 1.29 is 24.2 Å². The molecule has 5 nitrogen and oxygen atoms in total. The monoisotopic (exact) mass is 1050 g/mol. The van der Waals surface area contributed by atoms with Gasteiger partial charge in [-0.05, 0) is 116 Å². The van der Waals surface area contributed by atoms with Gasteiger partial charge in [0, 0.05) is 12.8 Å². The van der Waals surface area contributed by atoms with Gasteiger partial charge in [0.25, 0.3) is 0 Å². The fourth-order valence-electron chi connectivity index (χ4n) is 8.50. The summed E-state index contributed by atoms with van der Waals surface area (Å²) >= 11 is 0. The molecule has 0 heterocycles. The Bertz CT molecular complexity index is 1610. The second kappa shape index (κ2) is 65.1. The summed E-state index contributed by atoms with van der Waals surface area (Å²) in [5.41, 5.74) is 0. The van der Waals surface area contributed by atoms with Gasteiger partial charge in [-0.3, -0.25) is 9.59 Å². The fraction of sp³-hybridized carbons (Fsp3) is 0.634. The Hall–Kier alpha value is -4.22. The van der Waals surface area contributed by atoms with Crippen molar-refractivity contribution >= 4 is 11.9 Å². The second-order valence-electron chi connectivity index (χ2n) is 20.4. The molecule has 0 radical (unpaired) electrons. The maximum Gasteiger partial charge on any atom is 0.306 e. The number of carbonyl (C=O) groups is 2. The van der Waals surface area contributed by atoms with Crippen molar-refractivity contribution in [3.63, 3.8) is 0 Å². The van der Waals surface area contributed by atoms with Crippen molar-refractivity contribution in [2.75, 3.05) is 13.2 Å². The van der Waals surface area contributed by atoms with Gasteiger partial charge in [0.1, 0.15) is 6.61 Å². The Morgan fingerprint density at radius 1 is 0.303 bits per heavy atom. The first-order valence-corrected chi connectivity index (χ1v) is 31.4. The fourth-order valence-corrected chi connectivity index (χ4v) is 8.50. The van der Waals surface area contributed by atoms with Gasteiger partial charge in [-0.2, -0.15) is 0 Å². The van der Waals surface area contributed by atoms with Crippen molar-refractivity contribution in [1.82, 2.24) is 0 Å². The van der Waals surface area contributed by atoms with E-state index >= 15 is 0 Å². The standard InChI is InChI=1S/C71H116O5/c1-3-5-7-9-11-13-15-17-19-21-23-25-27-28-29-30-31-32-33-34-35-36-37-38-39-40-41-42-44-46-48-50-52-54-56-58-60-62-64-66-71(74)76-69(67-72)68-75-70(73)65-63-61-59-57-55-53-51-49-47-45-43-26-24-22-20-18-16-14-12-10-8-6-4-2/h5-8,11-14,17-20,23-26,28-29,31-32,45,47,51,53,69,72H,3-4,9-10,15-16,21-22,27,30,33-44,46,48-50,52,54-68H2,1-2H3/b7-5-,8-6-,13-11-,14-12-,19-17-,20-18-,25-23-,26-24-,29-28-,32-31-,47-45-,53-51-. The molecular formula is C71H116O5. The van der Waals surface area contributed by atoms with E-state index in [9.17, 15) is 14.7 Å². The van der Waals surface area contributed by atoms with Gasteiger partial charge in [0.15, 0.2) is 6.10 Å². The molecule has 0 aliphatic carbocycles. The van der Waals surface area contributed by atoms with E-state index in [-0.39, 0.29) is 25.2 Å². The lowest BCUT2D eigenvalue weighted by molar-refractivity contribution is -0.161. The molecule has 0 aromatic rings. The molecule has 5 heteroatoms. The average molecular weight is 1050 g/mol. The van der Waals surface area contributed by atoms with Crippen molar-refractivity contribution in [3.05, 3.63) is 146 Å². The first kappa shape index (κ1) is 71.8. The highest BCUT2D eigenvalue weighted by molar-refractivity contribution is 5.70. The molecule has 0 rings (SSSR count). The van der Waals surface area contributed by atoms with E-state index < -0.39 is 6.10 Å². The summed E-state index contributed by atoms with van der Waals surface area (Å²) in [6.07, 6.45) is 98.4. The number of aliphatic hydroxyl groups excluding tert-OH is 1. The molecule has 0 aromatic heterocycles. The van der Waals surface area contributed by atoms with E-state index in [4.69, 9.17) is 9.47 Å². The SMILES string of the molecule is CC/C=C\C/C=C\C/C=C\C/C=C\C/C=C\C/C=C\CCCCCCCCCCCCCCCCCCCCCCC(=O)OC(CO)COC(=O)CCCCCC/C=C\C/C=C\C/C=C\C/C=C\C/C=C\C/C=C\CC. The Labute approximate surface area is 469 Å². The second-order valence-corrected chi connectivity index (χ2v) is 20.4. The minimum absolute atomic E-state index is 0.0851. The highest BCUT2D eigenvalue weighted by Crippen LogP contribution is 2.16. The summed E-state index contributed by atoms with van der Waals surface area (Å²) in [7, 11) is 0. The molecule has 0 aliphatic rings. The van der Waals surface area contributed by atoms with Gasteiger partial charge in [0.2, 0.25) is 0 Å². The predicted octanol–water partition coefficient (Wildman–Crippen LogP) is 21.8. The summed E-state index contributed by atoms with van der Waals surface area (Å²) < 4.78 is 10.7. The van der Waals surface area contributed by atoms with Crippen molar-refractivity contribution in [2.24, 2.45) is 0 Å². The van der Waals surface area contributed by atoms with Crippen LogP contribution in [0.25, 0.3) is 0 Å². The Kier molecular flexibility index (Phi) is 61.5. The zero-order valence-electron chi connectivity index (χ0n) is 49.2. The van der Waals surface area contributed by atoms with Gasteiger partial charge in [-0.25, -0.2) is 0 Å². The van der Waals surface area contributed by atoms with Crippen LogP contribution in [0.3, 0.4) is 0 Å². The topological polar surface area (TPSA) is 72.8 Å². The lowest BCUT2D eigenvalue weighted by Gasteiger charge is -2.15. The normalized spacial score (nSPS) is 13.2. The average Bonchev–Trinajstić information content (AvgIpc) is 3.42. The number of esters is 2. The maximum atomic E-state index is 12.3. The number of rotatable bonds is 56. The Balaban J connectivity index is 3.51. The lowest BCUT2D eigenvalue weighted by Crippen LogP contribution is -2.28. The van der Waals surface area contributed by atoms with E-state index in [1.807, 2.05) is 0 Å². The predicted molar refractivity (Wildman–Crippen MR) is 334 cm³/mol. The number of ether oxygens (including phenoxy) is 2. The number of hydrogen-bond donors (Lipinski definition) is 1. The zero-order chi connectivity index (χ0) is 54.8. The molecular weight excluding hydrogens is 933 g/mol. The third kappa shape index (κ3) is 62.3. The molecule has 0 saturated heterocycles. The summed E-state index contributed by atoms with van der Waals surface area (Å²) in [6.45, 7) is 3.90. The summed E-state index contributed by atoms with van der Waals surface area (Å²) in [4.78, 5) is 24.6. The molecule has 0 saturated carbocycles. The largest absolute Gasteiger partial charge is 0.462 e. The Morgan fingerprint density at radius 2 is 0.526 bits per heavy atom. The number of unbranched alkanes of at least 4 members (excludes halogenated alkanes) is 24. The summed E-state index contributed by atoms with van der Waals surface area (Å²) in [5.74, 6) is -0.620. The lowest BCUT2D eigenvalue weighted by atomic mass is 10.0.